The number of carbonyl (C=O) groups excluding carboxylic acids is 2. The van der Waals surface area contributed by atoms with Gasteiger partial charge in [-0.05, 0) is 30.5 Å². The van der Waals surface area contributed by atoms with Crippen molar-refractivity contribution < 1.29 is 14.7 Å². The highest BCUT2D eigenvalue weighted by Crippen LogP contribution is 2.24. The van der Waals surface area contributed by atoms with Gasteiger partial charge < -0.3 is 15.3 Å². The SMILES string of the molecule is CC(O)C(=O)N(C)CCc1ccc2c(c1)CC(=O)N2. The van der Waals surface area contributed by atoms with E-state index in [1.54, 1.807) is 7.05 Å². The Morgan fingerprint density at radius 1 is 1.53 bits per heavy atom. The first-order valence-electron chi connectivity index (χ1n) is 6.32. The molecule has 1 aliphatic rings. The Morgan fingerprint density at radius 3 is 2.95 bits per heavy atom. The third kappa shape index (κ3) is 3.12. The van der Waals surface area contributed by atoms with Crippen LogP contribution in [0.15, 0.2) is 18.2 Å². The Kier molecular flexibility index (Phi) is 3.85. The third-order valence-corrected chi connectivity index (χ3v) is 3.26. The van der Waals surface area contributed by atoms with E-state index in [1.165, 1.54) is 11.8 Å². The zero-order valence-corrected chi connectivity index (χ0v) is 11.1. The number of aliphatic hydroxyl groups excluding tert-OH is 1. The molecule has 19 heavy (non-hydrogen) atoms. The van der Waals surface area contributed by atoms with Crippen LogP contribution in [0, 0.1) is 0 Å². The van der Waals surface area contributed by atoms with Gasteiger partial charge in [-0.2, -0.15) is 0 Å². The Hall–Kier alpha value is -1.88. The quantitative estimate of drug-likeness (QED) is 0.833. The van der Waals surface area contributed by atoms with E-state index in [4.69, 9.17) is 0 Å². The van der Waals surface area contributed by atoms with Crippen LogP contribution in [0.25, 0.3) is 0 Å². The van der Waals surface area contributed by atoms with Gasteiger partial charge in [0.05, 0.1) is 6.42 Å². The molecule has 0 saturated heterocycles. The average Bonchev–Trinajstić information content (AvgIpc) is 2.74. The molecule has 0 aromatic heterocycles. The number of hydrogen-bond donors (Lipinski definition) is 2. The standard InChI is InChI=1S/C14H18N2O3/c1-9(17)14(19)16(2)6-5-10-3-4-12-11(7-10)8-13(18)15-12/h3-4,7,9,17H,5-6,8H2,1-2H3,(H,15,18). The minimum atomic E-state index is -0.966. The maximum absolute atomic E-state index is 11.5. The number of fused-ring (bicyclic) bond motifs is 1. The number of aliphatic hydroxyl groups is 1. The summed E-state index contributed by atoms with van der Waals surface area (Å²) in [7, 11) is 1.67. The van der Waals surface area contributed by atoms with Crippen molar-refractivity contribution in [3.05, 3.63) is 29.3 Å². The smallest absolute Gasteiger partial charge is 0.250 e. The molecule has 0 aliphatic carbocycles. The molecule has 0 fully saturated rings. The van der Waals surface area contributed by atoms with E-state index in [-0.39, 0.29) is 11.8 Å². The molecule has 2 N–H and O–H groups in total. The number of anilines is 1. The highest BCUT2D eigenvalue weighted by atomic mass is 16.3. The fourth-order valence-corrected chi connectivity index (χ4v) is 2.16. The molecule has 0 spiro atoms. The minimum Gasteiger partial charge on any atom is -0.384 e. The summed E-state index contributed by atoms with van der Waals surface area (Å²) < 4.78 is 0. The fraction of sp³-hybridized carbons (Fsp3) is 0.429. The van der Waals surface area contributed by atoms with Gasteiger partial charge in [0.25, 0.3) is 5.91 Å². The third-order valence-electron chi connectivity index (χ3n) is 3.26. The molecule has 0 radical (unpaired) electrons. The monoisotopic (exact) mass is 262 g/mol. The number of carbonyl (C=O) groups is 2. The van der Waals surface area contributed by atoms with Gasteiger partial charge >= 0.3 is 0 Å². The van der Waals surface area contributed by atoms with E-state index in [2.05, 4.69) is 5.32 Å². The van der Waals surface area contributed by atoms with Crippen molar-refractivity contribution in [1.82, 2.24) is 4.90 Å². The van der Waals surface area contributed by atoms with Gasteiger partial charge in [0.2, 0.25) is 5.91 Å². The topological polar surface area (TPSA) is 69.6 Å². The normalized spacial score (nSPS) is 14.8. The molecule has 1 heterocycles. The van der Waals surface area contributed by atoms with Crippen LogP contribution in [0.2, 0.25) is 0 Å². The molecule has 102 valence electrons. The Balaban J connectivity index is 1.96. The first-order valence-corrected chi connectivity index (χ1v) is 6.32. The first-order chi connectivity index (χ1) is 8.97. The Morgan fingerprint density at radius 2 is 2.26 bits per heavy atom. The number of hydrogen-bond acceptors (Lipinski definition) is 3. The van der Waals surface area contributed by atoms with Crippen LogP contribution in [-0.2, 0) is 22.4 Å². The average molecular weight is 262 g/mol. The molecule has 1 aliphatic heterocycles. The summed E-state index contributed by atoms with van der Waals surface area (Å²) in [5.41, 5.74) is 2.97. The van der Waals surface area contributed by atoms with Crippen molar-refractivity contribution in [1.29, 1.82) is 0 Å². The second-order valence-corrected chi connectivity index (χ2v) is 4.90. The zero-order valence-electron chi connectivity index (χ0n) is 11.1. The molecular formula is C14H18N2O3. The first kappa shape index (κ1) is 13.5. The van der Waals surface area contributed by atoms with Gasteiger partial charge in [0.15, 0.2) is 0 Å². The van der Waals surface area contributed by atoms with Gasteiger partial charge in [0, 0.05) is 19.3 Å². The van der Waals surface area contributed by atoms with E-state index in [1.807, 2.05) is 18.2 Å². The van der Waals surface area contributed by atoms with E-state index in [9.17, 15) is 14.7 Å². The Bertz CT molecular complexity index is 511. The number of amides is 2. The largest absolute Gasteiger partial charge is 0.384 e. The number of nitrogens with zero attached hydrogens (tertiary/aromatic N) is 1. The van der Waals surface area contributed by atoms with E-state index >= 15 is 0 Å². The zero-order chi connectivity index (χ0) is 14.0. The van der Waals surface area contributed by atoms with Crippen molar-refractivity contribution in [3.8, 4) is 0 Å². The lowest BCUT2D eigenvalue weighted by Gasteiger charge is -2.18. The minimum absolute atomic E-state index is 0.0218. The summed E-state index contributed by atoms with van der Waals surface area (Å²) >= 11 is 0. The highest BCUT2D eigenvalue weighted by Gasteiger charge is 2.18. The van der Waals surface area contributed by atoms with Crippen LogP contribution in [0.4, 0.5) is 5.69 Å². The van der Waals surface area contributed by atoms with Crippen LogP contribution in [0.1, 0.15) is 18.1 Å². The summed E-state index contributed by atoms with van der Waals surface area (Å²) in [4.78, 5) is 24.3. The second kappa shape index (κ2) is 5.40. The molecule has 1 atom stereocenters. The van der Waals surface area contributed by atoms with Crippen LogP contribution >= 0.6 is 0 Å². The van der Waals surface area contributed by atoms with Crippen molar-refractivity contribution >= 4 is 17.5 Å². The van der Waals surface area contributed by atoms with Crippen molar-refractivity contribution in [2.45, 2.75) is 25.9 Å². The fourth-order valence-electron chi connectivity index (χ4n) is 2.16. The number of nitrogens with one attached hydrogen (secondary N) is 1. The molecular weight excluding hydrogens is 244 g/mol. The van der Waals surface area contributed by atoms with E-state index in [0.29, 0.717) is 19.4 Å². The molecule has 5 heteroatoms. The predicted molar refractivity (Wildman–Crippen MR) is 71.8 cm³/mol. The molecule has 1 aromatic rings. The molecule has 1 aromatic carbocycles. The number of likely N-dealkylation sites (N-methyl/N-ethyl adjacent to an activating group) is 1. The highest BCUT2D eigenvalue weighted by molar-refractivity contribution is 5.99. The summed E-state index contributed by atoms with van der Waals surface area (Å²) in [5, 5.41) is 12.0. The van der Waals surface area contributed by atoms with Gasteiger partial charge in [-0.25, -0.2) is 0 Å². The van der Waals surface area contributed by atoms with Gasteiger partial charge in [-0.15, -0.1) is 0 Å². The molecule has 0 bridgehead atoms. The van der Waals surface area contributed by atoms with Crippen molar-refractivity contribution in [3.63, 3.8) is 0 Å². The van der Waals surface area contributed by atoms with Gasteiger partial charge in [-0.1, -0.05) is 12.1 Å². The van der Waals surface area contributed by atoms with Crippen LogP contribution in [0.5, 0.6) is 0 Å². The van der Waals surface area contributed by atoms with E-state index in [0.717, 1.165) is 16.8 Å². The summed E-state index contributed by atoms with van der Waals surface area (Å²) in [6.45, 7) is 2.01. The van der Waals surface area contributed by atoms with Crippen LogP contribution in [-0.4, -0.2) is 41.5 Å². The van der Waals surface area contributed by atoms with Crippen LogP contribution < -0.4 is 5.32 Å². The second-order valence-electron chi connectivity index (χ2n) is 4.90. The molecule has 5 nitrogen and oxygen atoms in total. The van der Waals surface area contributed by atoms with Gasteiger partial charge in [0.1, 0.15) is 6.10 Å². The lowest BCUT2D eigenvalue weighted by molar-refractivity contribution is -0.137. The van der Waals surface area contributed by atoms with Gasteiger partial charge in [-0.3, -0.25) is 9.59 Å². The van der Waals surface area contributed by atoms with Crippen molar-refractivity contribution in [2.75, 3.05) is 18.9 Å². The maximum atomic E-state index is 11.5. The molecule has 2 rings (SSSR count). The van der Waals surface area contributed by atoms with E-state index < -0.39 is 6.10 Å². The number of benzene rings is 1. The lowest BCUT2D eigenvalue weighted by Crippen LogP contribution is -2.35. The summed E-state index contributed by atoms with van der Waals surface area (Å²) in [6, 6.07) is 5.84. The predicted octanol–water partition coefficient (Wildman–Crippen LogP) is 0.563. The summed E-state index contributed by atoms with van der Waals surface area (Å²) in [5.74, 6) is -0.258. The van der Waals surface area contributed by atoms with Crippen LogP contribution in [0.3, 0.4) is 0 Å². The molecule has 2 amide bonds. The Labute approximate surface area is 112 Å². The lowest BCUT2D eigenvalue weighted by atomic mass is 10.1. The summed E-state index contributed by atoms with van der Waals surface area (Å²) in [6.07, 6.45) is 0.161. The molecule has 0 saturated carbocycles. The maximum Gasteiger partial charge on any atom is 0.250 e. The number of rotatable bonds is 4. The molecule has 1 unspecified atom stereocenters. The van der Waals surface area contributed by atoms with Crippen molar-refractivity contribution in [2.24, 2.45) is 0 Å².